The standard InChI is InChI=1S/C15H14FNO2/c1-10-4-2-7-13(14(10)16)15(19)17-12-6-3-5-11(8-12)9-18/h2-8,18H,9H2,1H3,(H,17,19). The second-order valence-electron chi connectivity index (χ2n) is 4.25. The van der Waals surface area contributed by atoms with Gasteiger partial charge < -0.3 is 10.4 Å². The second kappa shape index (κ2) is 5.63. The molecule has 4 heteroatoms. The van der Waals surface area contributed by atoms with Crippen LogP contribution in [0.15, 0.2) is 42.5 Å². The van der Waals surface area contributed by atoms with Crippen molar-refractivity contribution >= 4 is 11.6 Å². The highest BCUT2D eigenvalue weighted by Crippen LogP contribution is 2.16. The predicted octanol–water partition coefficient (Wildman–Crippen LogP) is 2.88. The zero-order valence-electron chi connectivity index (χ0n) is 10.5. The van der Waals surface area contributed by atoms with Crippen LogP contribution in [-0.4, -0.2) is 11.0 Å². The van der Waals surface area contributed by atoms with Gasteiger partial charge in [-0.15, -0.1) is 0 Å². The molecule has 0 aliphatic heterocycles. The van der Waals surface area contributed by atoms with Crippen LogP contribution in [0.5, 0.6) is 0 Å². The number of hydrogen-bond acceptors (Lipinski definition) is 2. The molecule has 2 aromatic carbocycles. The largest absolute Gasteiger partial charge is 0.392 e. The topological polar surface area (TPSA) is 49.3 Å². The number of nitrogens with one attached hydrogen (secondary N) is 1. The molecule has 0 spiro atoms. The van der Waals surface area contributed by atoms with Gasteiger partial charge in [-0.25, -0.2) is 4.39 Å². The number of hydrogen-bond donors (Lipinski definition) is 2. The molecule has 1 amide bonds. The Morgan fingerprint density at radius 3 is 2.74 bits per heavy atom. The van der Waals surface area contributed by atoms with Crippen molar-refractivity contribution in [2.45, 2.75) is 13.5 Å². The Bertz CT molecular complexity index is 611. The number of aliphatic hydroxyl groups excluding tert-OH is 1. The van der Waals surface area contributed by atoms with Crippen LogP contribution in [0.3, 0.4) is 0 Å². The maximum absolute atomic E-state index is 13.8. The first-order valence-corrected chi connectivity index (χ1v) is 5.88. The molecule has 0 aromatic heterocycles. The Hall–Kier alpha value is -2.20. The van der Waals surface area contributed by atoms with Gasteiger partial charge in [0.15, 0.2) is 0 Å². The molecule has 0 fully saturated rings. The fourth-order valence-electron chi connectivity index (χ4n) is 1.77. The van der Waals surface area contributed by atoms with Crippen LogP contribution in [0.2, 0.25) is 0 Å². The third-order valence-corrected chi connectivity index (χ3v) is 2.80. The van der Waals surface area contributed by atoms with Crippen molar-refractivity contribution in [1.29, 1.82) is 0 Å². The molecule has 0 saturated carbocycles. The van der Waals surface area contributed by atoms with Crippen molar-refractivity contribution < 1.29 is 14.3 Å². The monoisotopic (exact) mass is 259 g/mol. The van der Waals surface area contributed by atoms with E-state index in [0.29, 0.717) is 16.8 Å². The molecular weight excluding hydrogens is 245 g/mol. The highest BCUT2D eigenvalue weighted by molar-refractivity contribution is 6.04. The number of carbonyl (C=O) groups is 1. The molecule has 3 nitrogen and oxygen atoms in total. The summed E-state index contributed by atoms with van der Waals surface area (Å²) in [6.45, 7) is 1.50. The maximum atomic E-state index is 13.8. The summed E-state index contributed by atoms with van der Waals surface area (Å²) >= 11 is 0. The van der Waals surface area contributed by atoms with Gasteiger partial charge in [0.2, 0.25) is 0 Å². The van der Waals surface area contributed by atoms with Crippen molar-refractivity contribution in [3.8, 4) is 0 Å². The van der Waals surface area contributed by atoms with Crippen LogP contribution in [0.4, 0.5) is 10.1 Å². The van der Waals surface area contributed by atoms with E-state index in [9.17, 15) is 9.18 Å². The summed E-state index contributed by atoms with van der Waals surface area (Å²) in [6.07, 6.45) is 0. The first-order chi connectivity index (χ1) is 9.11. The SMILES string of the molecule is Cc1cccc(C(=O)Nc2cccc(CO)c2)c1F. The Kier molecular flexibility index (Phi) is 3.92. The molecular formula is C15H14FNO2. The summed E-state index contributed by atoms with van der Waals surface area (Å²) in [7, 11) is 0. The zero-order valence-corrected chi connectivity index (χ0v) is 10.5. The van der Waals surface area contributed by atoms with Gasteiger partial charge in [-0.3, -0.25) is 4.79 Å². The summed E-state index contributed by atoms with van der Waals surface area (Å²) in [5.74, 6) is -1.02. The predicted molar refractivity (Wildman–Crippen MR) is 71.5 cm³/mol. The summed E-state index contributed by atoms with van der Waals surface area (Å²) in [5, 5.41) is 11.6. The number of carbonyl (C=O) groups excluding carboxylic acids is 1. The third kappa shape index (κ3) is 2.98. The van der Waals surface area contributed by atoms with Crippen molar-refractivity contribution in [3.05, 3.63) is 65.0 Å². The lowest BCUT2D eigenvalue weighted by Crippen LogP contribution is -2.14. The first kappa shape index (κ1) is 13.2. The summed E-state index contributed by atoms with van der Waals surface area (Å²) in [5.41, 5.74) is 1.64. The van der Waals surface area contributed by atoms with E-state index < -0.39 is 11.7 Å². The van der Waals surface area contributed by atoms with E-state index in [1.54, 1.807) is 43.3 Å². The lowest BCUT2D eigenvalue weighted by atomic mass is 10.1. The van der Waals surface area contributed by atoms with Crippen molar-refractivity contribution in [3.63, 3.8) is 0 Å². The fraction of sp³-hybridized carbons (Fsp3) is 0.133. The molecule has 0 unspecified atom stereocenters. The molecule has 2 N–H and O–H groups in total. The minimum absolute atomic E-state index is 0.00871. The molecule has 2 rings (SSSR count). The number of halogens is 1. The zero-order chi connectivity index (χ0) is 13.8. The van der Waals surface area contributed by atoms with Gasteiger partial charge in [0.25, 0.3) is 5.91 Å². The van der Waals surface area contributed by atoms with Gasteiger partial charge in [0, 0.05) is 5.69 Å². The molecule has 0 heterocycles. The van der Waals surface area contributed by atoms with E-state index in [1.807, 2.05) is 0 Å². The van der Waals surface area contributed by atoms with Gasteiger partial charge in [-0.1, -0.05) is 24.3 Å². The van der Waals surface area contributed by atoms with E-state index in [0.717, 1.165) is 0 Å². The highest BCUT2D eigenvalue weighted by atomic mass is 19.1. The van der Waals surface area contributed by atoms with Gasteiger partial charge in [-0.05, 0) is 36.2 Å². The molecule has 0 aliphatic rings. The first-order valence-electron chi connectivity index (χ1n) is 5.88. The Balaban J connectivity index is 2.23. The van der Waals surface area contributed by atoms with Gasteiger partial charge >= 0.3 is 0 Å². The van der Waals surface area contributed by atoms with E-state index in [4.69, 9.17) is 5.11 Å². The Morgan fingerprint density at radius 1 is 1.26 bits per heavy atom. The summed E-state index contributed by atoms with van der Waals surface area (Å²) in [4.78, 5) is 12.0. The molecule has 0 saturated heterocycles. The second-order valence-corrected chi connectivity index (χ2v) is 4.25. The van der Waals surface area contributed by atoms with Crippen molar-refractivity contribution in [2.24, 2.45) is 0 Å². The van der Waals surface area contributed by atoms with E-state index in [2.05, 4.69) is 5.32 Å². The average molecular weight is 259 g/mol. The normalized spacial score (nSPS) is 10.3. The molecule has 2 aromatic rings. The molecule has 19 heavy (non-hydrogen) atoms. The van der Waals surface area contributed by atoms with Gasteiger partial charge in [0.1, 0.15) is 5.82 Å². The lowest BCUT2D eigenvalue weighted by Gasteiger charge is -2.08. The van der Waals surface area contributed by atoms with Crippen molar-refractivity contribution in [2.75, 3.05) is 5.32 Å². The quantitative estimate of drug-likeness (QED) is 0.890. The van der Waals surface area contributed by atoms with E-state index in [-0.39, 0.29) is 12.2 Å². The highest BCUT2D eigenvalue weighted by Gasteiger charge is 2.13. The Labute approximate surface area is 110 Å². The number of aryl methyl sites for hydroxylation is 1. The molecule has 98 valence electrons. The number of aliphatic hydroxyl groups is 1. The van der Waals surface area contributed by atoms with Crippen molar-refractivity contribution in [1.82, 2.24) is 0 Å². The minimum atomic E-state index is -0.515. The summed E-state index contributed by atoms with van der Waals surface area (Å²) < 4.78 is 13.8. The van der Waals surface area contributed by atoms with Crippen LogP contribution < -0.4 is 5.32 Å². The number of rotatable bonds is 3. The van der Waals surface area contributed by atoms with Gasteiger partial charge in [0.05, 0.1) is 12.2 Å². The molecule has 0 radical (unpaired) electrons. The Morgan fingerprint density at radius 2 is 2.00 bits per heavy atom. The number of amides is 1. The smallest absolute Gasteiger partial charge is 0.258 e. The number of benzene rings is 2. The van der Waals surface area contributed by atoms with E-state index >= 15 is 0 Å². The lowest BCUT2D eigenvalue weighted by molar-refractivity contribution is 0.102. The van der Waals surface area contributed by atoms with Crippen LogP contribution in [-0.2, 0) is 6.61 Å². The fourth-order valence-corrected chi connectivity index (χ4v) is 1.77. The van der Waals surface area contributed by atoms with Crippen LogP contribution >= 0.6 is 0 Å². The average Bonchev–Trinajstić information content (AvgIpc) is 2.42. The van der Waals surface area contributed by atoms with Gasteiger partial charge in [-0.2, -0.15) is 0 Å². The summed E-state index contributed by atoms with van der Waals surface area (Å²) in [6, 6.07) is 11.5. The molecule has 0 aliphatic carbocycles. The molecule has 0 atom stereocenters. The minimum Gasteiger partial charge on any atom is -0.392 e. The third-order valence-electron chi connectivity index (χ3n) is 2.80. The van der Waals surface area contributed by atoms with Crippen LogP contribution in [0.25, 0.3) is 0 Å². The van der Waals surface area contributed by atoms with E-state index in [1.165, 1.54) is 6.07 Å². The molecule has 0 bridgehead atoms. The number of anilines is 1. The van der Waals surface area contributed by atoms with Crippen LogP contribution in [0, 0.1) is 12.7 Å². The maximum Gasteiger partial charge on any atom is 0.258 e. The van der Waals surface area contributed by atoms with Crippen LogP contribution in [0.1, 0.15) is 21.5 Å².